The van der Waals surface area contributed by atoms with Crippen LogP contribution in [0, 0.1) is 6.92 Å². The Morgan fingerprint density at radius 3 is 2.60 bits per heavy atom. The molecule has 0 aliphatic heterocycles. The summed E-state index contributed by atoms with van der Waals surface area (Å²) in [7, 11) is 4.24. The average molecular weight is 424 g/mol. The Kier molecular flexibility index (Phi) is 7.24. The first-order valence-corrected chi connectivity index (χ1v) is 10.8. The molecule has 0 bridgehead atoms. The lowest BCUT2D eigenvalue weighted by Gasteiger charge is -2.28. The largest absolute Gasteiger partial charge is 0.356 e. The number of aromatic amines is 1. The molecule has 158 valence electrons. The van der Waals surface area contributed by atoms with Gasteiger partial charge in [0.05, 0.1) is 45.3 Å². The minimum Gasteiger partial charge on any atom is -0.356 e. The van der Waals surface area contributed by atoms with E-state index in [1.165, 1.54) is 10.5 Å². The number of aryl methyl sites for hydroxylation is 1. The molecule has 1 heterocycles. The second-order valence-corrected chi connectivity index (χ2v) is 8.51. The van der Waals surface area contributed by atoms with Gasteiger partial charge in [-0.05, 0) is 48.6 Å². The number of rotatable bonds is 7. The number of fused-ring (bicyclic) bond motifs is 1. The zero-order valence-corrected chi connectivity index (χ0v) is 19.0. The van der Waals surface area contributed by atoms with Gasteiger partial charge in [-0.3, -0.25) is 4.79 Å². The summed E-state index contributed by atoms with van der Waals surface area (Å²) in [6.07, 6.45) is 0. The maximum Gasteiger partial charge on any atom is 0.253 e. The van der Waals surface area contributed by atoms with Crippen molar-refractivity contribution in [3.05, 3.63) is 81.6 Å². The van der Waals surface area contributed by atoms with Crippen LogP contribution >= 0.6 is 12.2 Å². The van der Waals surface area contributed by atoms with Crippen molar-refractivity contribution < 1.29 is 4.90 Å². The van der Waals surface area contributed by atoms with Gasteiger partial charge in [-0.25, -0.2) is 0 Å². The number of para-hydroxylation sites is 1. The first kappa shape index (κ1) is 22.0. The molecule has 3 rings (SSSR count). The van der Waals surface area contributed by atoms with E-state index >= 15 is 0 Å². The number of aromatic nitrogens is 1. The quantitative estimate of drug-likeness (QED) is 0.511. The fourth-order valence-electron chi connectivity index (χ4n) is 3.46. The van der Waals surface area contributed by atoms with E-state index in [0.717, 1.165) is 35.1 Å². The number of pyridine rings is 1. The Morgan fingerprint density at radius 1 is 1.17 bits per heavy atom. The van der Waals surface area contributed by atoms with Gasteiger partial charge in [-0.1, -0.05) is 48.5 Å². The lowest BCUT2D eigenvalue weighted by Crippen LogP contribution is -3.06. The molecule has 6 heteroatoms. The van der Waals surface area contributed by atoms with E-state index in [9.17, 15) is 4.79 Å². The highest BCUT2D eigenvalue weighted by Gasteiger charge is 2.17. The molecule has 3 aromatic rings. The summed E-state index contributed by atoms with van der Waals surface area (Å²) in [4.78, 5) is 19.3. The van der Waals surface area contributed by atoms with Crippen LogP contribution in [0.15, 0.2) is 59.4 Å². The van der Waals surface area contributed by atoms with Crippen molar-refractivity contribution in [1.82, 2.24) is 15.2 Å². The number of nitrogens with zero attached hydrogens (tertiary/aromatic N) is 1. The van der Waals surface area contributed by atoms with Gasteiger partial charge in [0, 0.05) is 5.56 Å². The highest BCUT2D eigenvalue weighted by molar-refractivity contribution is 7.80. The number of quaternary nitrogens is 1. The molecule has 1 atom stereocenters. The van der Waals surface area contributed by atoms with Crippen LogP contribution in [0.2, 0.25) is 0 Å². The normalized spacial score (nSPS) is 12.2. The Labute approximate surface area is 183 Å². The van der Waals surface area contributed by atoms with Crippen LogP contribution in [0.25, 0.3) is 10.9 Å². The summed E-state index contributed by atoms with van der Waals surface area (Å²) in [6.45, 7) is 6.27. The molecule has 0 amide bonds. The van der Waals surface area contributed by atoms with Gasteiger partial charge in [-0.15, -0.1) is 0 Å². The molecule has 0 fully saturated rings. The van der Waals surface area contributed by atoms with Crippen molar-refractivity contribution in [1.29, 1.82) is 0 Å². The summed E-state index contributed by atoms with van der Waals surface area (Å²) in [6, 6.07) is 18.4. The van der Waals surface area contributed by atoms with Crippen molar-refractivity contribution in [2.45, 2.75) is 26.4 Å². The van der Waals surface area contributed by atoms with E-state index in [0.29, 0.717) is 11.7 Å². The van der Waals surface area contributed by atoms with Crippen molar-refractivity contribution >= 4 is 28.2 Å². The second kappa shape index (κ2) is 9.87. The van der Waals surface area contributed by atoms with E-state index in [-0.39, 0.29) is 11.6 Å². The molecule has 0 spiro atoms. The van der Waals surface area contributed by atoms with E-state index in [1.54, 1.807) is 0 Å². The molecule has 2 aromatic carbocycles. The number of H-pyrrole nitrogens is 1. The lowest BCUT2D eigenvalue weighted by atomic mass is 10.1. The van der Waals surface area contributed by atoms with E-state index in [2.05, 4.69) is 48.4 Å². The van der Waals surface area contributed by atoms with Gasteiger partial charge in [0.1, 0.15) is 0 Å². The molecule has 0 unspecified atom stereocenters. The maximum atomic E-state index is 12.8. The predicted octanol–water partition coefficient (Wildman–Crippen LogP) is 2.42. The standard InChI is InChI=1S/C24H30N4OS/c1-17-9-8-12-20-15-21(23(29)26-22(17)20)16-28(14-13-27(3)4)24(30)25-18(2)19-10-6-5-7-11-19/h5-12,15,18H,13-14,16H2,1-4H3,(H,25,30)(H,26,29)/p+1/t18-/m0/s1. The minimum atomic E-state index is -0.0575. The topological polar surface area (TPSA) is 52.6 Å². The van der Waals surface area contributed by atoms with Gasteiger partial charge in [0.2, 0.25) is 0 Å². The summed E-state index contributed by atoms with van der Waals surface area (Å²) in [5, 5.41) is 5.15. The molecule has 0 saturated heterocycles. The predicted molar refractivity (Wildman–Crippen MR) is 128 cm³/mol. The number of thiocarbonyl (C=S) groups is 1. The third-order valence-corrected chi connectivity index (χ3v) is 5.71. The van der Waals surface area contributed by atoms with Gasteiger partial charge < -0.3 is 20.1 Å². The molecular formula is C24H31N4OS+. The second-order valence-electron chi connectivity index (χ2n) is 8.12. The van der Waals surface area contributed by atoms with E-state index < -0.39 is 0 Å². The van der Waals surface area contributed by atoms with Crippen molar-refractivity contribution in [3.63, 3.8) is 0 Å². The zero-order valence-electron chi connectivity index (χ0n) is 18.2. The molecule has 0 aliphatic rings. The van der Waals surface area contributed by atoms with Crippen LogP contribution < -0.4 is 15.8 Å². The third kappa shape index (κ3) is 5.46. The van der Waals surface area contributed by atoms with Crippen molar-refractivity contribution in [2.24, 2.45) is 0 Å². The number of likely N-dealkylation sites (N-methyl/N-ethyl adjacent to an activating group) is 1. The maximum absolute atomic E-state index is 12.8. The highest BCUT2D eigenvalue weighted by Crippen LogP contribution is 2.16. The Morgan fingerprint density at radius 2 is 1.90 bits per heavy atom. The fourth-order valence-corrected chi connectivity index (χ4v) is 3.80. The molecule has 0 saturated carbocycles. The molecule has 0 radical (unpaired) electrons. The van der Waals surface area contributed by atoms with Crippen LogP contribution in [0.4, 0.5) is 0 Å². The third-order valence-electron chi connectivity index (χ3n) is 5.33. The summed E-state index contributed by atoms with van der Waals surface area (Å²) >= 11 is 5.76. The first-order chi connectivity index (χ1) is 14.3. The molecular weight excluding hydrogens is 392 g/mol. The van der Waals surface area contributed by atoms with Crippen LogP contribution in [0.1, 0.15) is 29.7 Å². The summed E-state index contributed by atoms with van der Waals surface area (Å²) in [5.41, 5.74) is 3.81. The summed E-state index contributed by atoms with van der Waals surface area (Å²) < 4.78 is 0. The monoisotopic (exact) mass is 423 g/mol. The van der Waals surface area contributed by atoms with Crippen LogP contribution in [0.5, 0.6) is 0 Å². The van der Waals surface area contributed by atoms with Crippen molar-refractivity contribution in [3.8, 4) is 0 Å². The summed E-state index contributed by atoms with van der Waals surface area (Å²) in [5.74, 6) is 0. The Bertz CT molecular complexity index is 1060. The molecule has 3 N–H and O–H groups in total. The van der Waals surface area contributed by atoms with Crippen molar-refractivity contribution in [2.75, 3.05) is 27.2 Å². The Hall–Kier alpha value is -2.70. The van der Waals surface area contributed by atoms with E-state index in [1.807, 2.05) is 49.4 Å². The fraction of sp³-hybridized carbons (Fsp3) is 0.333. The Balaban J connectivity index is 1.83. The number of hydrogen-bond donors (Lipinski definition) is 3. The number of nitrogens with one attached hydrogen (secondary N) is 3. The van der Waals surface area contributed by atoms with Crippen LogP contribution in [-0.2, 0) is 6.54 Å². The average Bonchev–Trinajstić information content (AvgIpc) is 2.72. The van der Waals surface area contributed by atoms with E-state index in [4.69, 9.17) is 12.2 Å². The first-order valence-electron chi connectivity index (χ1n) is 10.4. The van der Waals surface area contributed by atoms with Gasteiger partial charge in [0.25, 0.3) is 5.56 Å². The molecule has 0 aliphatic carbocycles. The minimum absolute atomic E-state index is 0.0575. The number of benzene rings is 2. The van der Waals surface area contributed by atoms with Gasteiger partial charge in [-0.2, -0.15) is 0 Å². The van der Waals surface area contributed by atoms with Gasteiger partial charge in [0.15, 0.2) is 5.11 Å². The molecule has 5 nitrogen and oxygen atoms in total. The number of hydrogen-bond acceptors (Lipinski definition) is 2. The smallest absolute Gasteiger partial charge is 0.253 e. The highest BCUT2D eigenvalue weighted by atomic mass is 32.1. The molecule has 1 aromatic heterocycles. The SMILES string of the molecule is Cc1cccc2cc(CN(CC[NH+](C)C)C(=S)N[C@@H](C)c3ccccc3)c(=O)[nH]c12. The van der Waals surface area contributed by atoms with Crippen LogP contribution in [-0.4, -0.2) is 42.2 Å². The van der Waals surface area contributed by atoms with Crippen LogP contribution in [0.3, 0.4) is 0 Å². The van der Waals surface area contributed by atoms with Gasteiger partial charge >= 0.3 is 0 Å². The zero-order chi connectivity index (χ0) is 21.7. The lowest BCUT2D eigenvalue weighted by molar-refractivity contribution is -0.857. The molecule has 30 heavy (non-hydrogen) atoms.